The van der Waals surface area contributed by atoms with E-state index in [0.717, 1.165) is 18.8 Å². The first kappa shape index (κ1) is 16.8. The fraction of sp³-hybridized carbons (Fsp3) is 0.579. The van der Waals surface area contributed by atoms with Gasteiger partial charge in [0.15, 0.2) is 0 Å². The molecule has 0 aliphatic carbocycles. The monoisotopic (exact) mass is 329 g/mol. The maximum atomic E-state index is 12.5. The van der Waals surface area contributed by atoms with Gasteiger partial charge in [-0.05, 0) is 57.9 Å². The van der Waals surface area contributed by atoms with Crippen molar-refractivity contribution in [2.75, 3.05) is 29.9 Å². The molecule has 2 amide bonds. The number of nitrogens with zero attached hydrogens (tertiary/aromatic N) is 2. The van der Waals surface area contributed by atoms with E-state index in [1.54, 1.807) is 4.90 Å². The number of likely N-dealkylation sites (tertiary alicyclic amines) is 1. The Morgan fingerprint density at radius 2 is 1.75 bits per heavy atom. The van der Waals surface area contributed by atoms with Gasteiger partial charge >= 0.3 is 0 Å². The molecule has 0 saturated carbocycles. The Kier molecular flexibility index (Phi) is 4.52. The largest absolute Gasteiger partial charge is 0.372 e. The van der Waals surface area contributed by atoms with Gasteiger partial charge in [0.05, 0.1) is 5.92 Å². The Morgan fingerprint density at radius 1 is 1.12 bits per heavy atom. The van der Waals surface area contributed by atoms with Gasteiger partial charge in [-0.25, -0.2) is 0 Å². The van der Waals surface area contributed by atoms with Crippen LogP contribution >= 0.6 is 0 Å². The van der Waals surface area contributed by atoms with Gasteiger partial charge in [-0.15, -0.1) is 0 Å². The van der Waals surface area contributed by atoms with Crippen molar-refractivity contribution >= 4 is 23.2 Å². The fourth-order valence-electron chi connectivity index (χ4n) is 3.51. The number of hydrogen-bond acceptors (Lipinski definition) is 3. The van der Waals surface area contributed by atoms with Crippen LogP contribution in [0.5, 0.6) is 0 Å². The van der Waals surface area contributed by atoms with Crippen molar-refractivity contribution in [3.05, 3.63) is 24.3 Å². The molecule has 2 aliphatic heterocycles. The highest BCUT2D eigenvalue weighted by Crippen LogP contribution is 2.27. The molecule has 0 spiro atoms. The van der Waals surface area contributed by atoms with Crippen LogP contribution in [0.2, 0.25) is 0 Å². The Hall–Kier alpha value is -2.04. The highest BCUT2D eigenvalue weighted by molar-refractivity contribution is 5.97. The van der Waals surface area contributed by atoms with Crippen LogP contribution < -0.4 is 10.2 Å². The van der Waals surface area contributed by atoms with E-state index in [2.05, 4.69) is 22.3 Å². The van der Waals surface area contributed by atoms with E-state index in [9.17, 15) is 9.59 Å². The molecule has 1 atom stereocenters. The molecule has 24 heavy (non-hydrogen) atoms. The first-order valence-electron chi connectivity index (χ1n) is 8.81. The molecular formula is C19H27N3O2. The second kappa shape index (κ2) is 6.46. The molecular weight excluding hydrogens is 302 g/mol. The minimum atomic E-state index is -0.269. The molecule has 2 fully saturated rings. The standard InChI is InChI=1S/C19H27N3O2/c1-19(2,3)22-13-14(12-17(22)23)18(24)20-15-6-8-16(9-7-15)21-10-4-5-11-21/h6-9,14H,4-5,10-13H2,1-3H3,(H,20,24)/t14-/m1/s1. The summed E-state index contributed by atoms with van der Waals surface area (Å²) in [7, 11) is 0. The average molecular weight is 329 g/mol. The third-order valence-electron chi connectivity index (χ3n) is 4.91. The van der Waals surface area contributed by atoms with Crippen molar-refractivity contribution < 1.29 is 9.59 Å². The predicted octanol–water partition coefficient (Wildman–Crippen LogP) is 2.87. The maximum absolute atomic E-state index is 12.5. The molecule has 2 aliphatic rings. The zero-order chi connectivity index (χ0) is 17.3. The number of carbonyl (C=O) groups excluding carboxylic acids is 2. The fourth-order valence-corrected chi connectivity index (χ4v) is 3.51. The van der Waals surface area contributed by atoms with Gasteiger partial charge in [0.25, 0.3) is 0 Å². The summed E-state index contributed by atoms with van der Waals surface area (Å²) in [6.45, 7) is 8.73. The number of nitrogens with one attached hydrogen (secondary N) is 1. The lowest BCUT2D eigenvalue weighted by atomic mass is 10.1. The summed E-state index contributed by atoms with van der Waals surface area (Å²) in [5.74, 6) is -0.272. The van der Waals surface area contributed by atoms with Crippen molar-refractivity contribution in [2.45, 2.75) is 45.6 Å². The summed E-state index contributed by atoms with van der Waals surface area (Å²) in [6, 6.07) is 8.01. The van der Waals surface area contributed by atoms with Gasteiger partial charge in [-0.3, -0.25) is 9.59 Å². The highest BCUT2D eigenvalue weighted by Gasteiger charge is 2.39. The van der Waals surface area contributed by atoms with Gasteiger partial charge in [0, 0.05) is 43.0 Å². The van der Waals surface area contributed by atoms with Crippen molar-refractivity contribution in [1.29, 1.82) is 0 Å². The quantitative estimate of drug-likeness (QED) is 0.928. The minimum Gasteiger partial charge on any atom is -0.372 e. The molecule has 1 N–H and O–H groups in total. The van der Waals surface area contributed by atoms with Crippen molar-refractivity contribution in [2.24, 2.45) is 5.92 Å². The smallest absolute Gasteiger partial charge is 0.229 e. The Bertz CT molecular complexity index is 612. The molecule has 0 radical (unpaired) electrons. The van der Waals surface area contributed by atoms with E-state index in [1.807, 2.05) is 32.9 Å². The molecule has 1 aromatic rings. The molecule has 5 nitrogen and oxygen atoms in total. The molecule has 2 saturated heterocycles. The summed E-state index contributed by atoms with van der Waals surface area (Å²) >= 11 is 0. The molecule has 0 aromatic heterocycles. The Labute approximate surface area is 144 Å². The summed E-state index contributed by atoms with van der Waals surface area (Å²) in [5.41, 5.74) is 1.77. The van der Waals surface area contributed by atoms with E-state index in [1.165, 1.54) is 18.5 Å². The summed E-state index contributed by atoms with van der Waals surface area (Å²) in [4.78, 5) is 28.8. The van der Waals surface area contributed by atoms with Crippen molar-refractivity contribution in [3.8, 4) is 0 Å². The van der Waals surface area contributed by atoms with Crippen LogP contribution in [-0.2, 0) is 9.59 Å². The van der Waals surface area contributed by atoms with E-state index in [-0.39, 0.29) is 23.3 Å². The number of rotatable bonds is 3. The van der Waals surface area contributed by atoms with Crippen LogP contribution in [0.1, 0.15) is 40.0 Å². The van der Waals surface area contributed by atoms with Gasteiger partial charge in [-0.2, -0.15) is 0 Å². The average Bonchev–Trinajstić information content (AvgIpc) is 3.16. The molecule has 0 bridgehead atoms. The summed E-state index contributed by atoms with van der Waals surface area (Å²) in [5, 5.41) is 2.96. The first-order chi connectivity index (χ1) is 11.3. The van der Waals surface area contributed by atoms with Crippen LogP contribution in [0, 0.1) is 5.92 Å². The normalized spacial score (nSPS) is 21.5. The van der Waals surface area contributed by atoms with E-state index in [4.69, 9.17) is 0 Å². The second-order valence-corrected chi connectivity index (χ2v) is 7.81. The first-order valence-corrected chi connectivity index (χ1v) is 8.81. The third-order valence-corrected chi connectivity index (χ3v) is 4.91. The van der Waals surface area contributed by atoms with Crippen LogP contribution in [-0.4, -0.2) is 41.9 Å². The SMILES string of the molecule is CC(C)(C)N1C[C@H](C(=O)Nc2ccc(N3CCCC3)cc2)CC1=O. The second-order valence-electron chi connectivity index (χ2n) is 7.81. The molecule has 130 valence electrons. The van der Waals surface area contributed by atoms with Gasteiger partial charge in [-0.1, -0.05) is 0 Å². The molecule has 5 heteroatoms. The molecule has 2 heterocycles. The van der Waals surface area contributed by atoms with Gasteiger partial charge in [0.1, 0.15) is 0 Å². The van der Waals surface area contributed by atoms with Crippen LogP contribution in [0.15, 0.2) is 24.3 Å². The number of benzene rings is 1. The number of anilines is 2. The van der Waals surface area contributed by atoms with E-state index in [0.29, 0.717) is 13.0 Å². The minimum absolute atomic E-state index is 0.0621. The van der Waals surface area contributed by atoms with Gasteiger partial charge < -0.3 is 15.1 Å². The zero-order valence-corrected chi connectivity index (χ0v) is 14.8. The highest BCUT2D eigenvalue weighted by atomic mass is 16.2. The summed E-state index contributed by atoms with van der Waals surface area (Å²) in [6.07, 6.45) is 2.80. The Morgan fingerprint density at radius 3 is 2.29 bits per heavy atom. The van der Waals surface area contributed by atoms with Gasteiger partial charge in [0.2, 0.25) is 11.8 Å². The maximum Gasteiger partial charge on any atom is 0.229 e. The third kappa shape index (κ3) is 3.55. The van der Waals surface area contributed by atoms with Crippen LogP contribution in [0.3, 0.4) is 0 Å². The lowest BCUT2D eigenvalue weighted by Crippen LogP contribution is -2.42. The number of carbonyl (C=O) groups is 2. The van der Waals surface area contributed by atoms with E-state index < -0.39 is 0 Å². The number of amides is 2. The van der Waals surface area contributed by atoms with Crippen LogP contribution in [0.4, 0.5) is 11.4 Å². The molecule has 3 rings (SSSR count). The predicted molar refractivity (Wildman–Crippen MR) is 96.1 cm³/mol. The number of hydrogen-bond donors (Lipinski definition) is 1. The lowest BCUT2D eigenvalue weighted by Gasteiger charge is -2.31. The molecule has 0 unspecified atom stereocenters. The summed E-state index contributed by atoms with van der Waals surface area (Å²) < 4.78 is 0. The van der Waals surface area contributed by atoms with E-state index >= 15 is 0 Å². The Balaban J connectivity index is 1.60. The van der Waals surface area contributed by atoms with Crippen molar-refractivity contribution in [3.63, 3.8) is 0 Å². The molecule has 1 aromatic carbocycles. The lowest BCUT2D eigenvalue weighted by molar-refractivity contribution is -0.131. The van der Waals surface area contributed by atoms with Crippen LogP contribution in [0.25, 0.3) is 0 Å². The van der Waals surface area contributed by atoms with Crippen molar-refractivity contribution in [1.82, 2.24) is 4.90 Å². The topological polar surface area (TPSA) is 52.7 Å². The zero-order valence-electron chi connectivity index (χ0n) is 14.8.